The highest BCUT2D eigenvalue weighted by atomic mass is 19.1. The Labute approximate surface area is 185 Å². The summed E-state index contributed by atoms with van der Waals surface area (Å²) in [5, 5.41) is 17.8. The number of fused-ring (bicyclic) bond motifs is 1. The van der Waals surface area contributed by atoms with Crippen LogP contribution in [0.5, 0.6) is 0 Å². The summed E-state index contributed by atoms with van der Waals surface area (Å²) >= 11 is 0. The lowest BCUT2D eigenvalue weighted by Gasteiger charge is -2.04. The van der Waals surface area contributed by atoms with E-state index in [1.54, 1.807) is 54.7 Å². The van der Waals surface area contributed by atoms with Crippen LogP contribution in [0, 0.1) is 15.9 Å². The Morgan fingerprint density at radius 2 is 1.79 bits per heavy atom. The minimum absolute atomic E-state index is 0.0258. The SMILES string of the molecule is O=C(Nc1ccc(-c2nc3ccc(F)cc3[nH]2)cc1)c1ccn(-c2ccc([N+](=O)[O-])cc2)n1. The largest absolute Gasteiger partial charge is 0.338 e. The van der Waals surface area contributed by atoms with Gasteiger partial charge in [0, 0.05) is 29.6 Å². The van der Waals surface area contributed by atoms with Gasteiger partial charge in [0.2, 0.25) is 0 Å². The normalized spacial score (nSPS) is 10.9. The van der Waals surface area contributed by atoms with Crippen molar-refractivity contribution in [1.29, 1.82) is 0 Å². The van der Waals surface area contributed by atoms with Crippen molar-refractivity contribution in [3.8, 4) is 17.1 Å². The Balaban J connectivity index is 1.29. The van der Waals surface area contributed by atoms with Gasteiger partial charge < -0.3 is 10.3 Å². The molecule has 0 saturated heterocycles. The van der Waals surface area contributed by atoms with Gasteiger partial charge in [0.1, 0.15) is 11.6 Å². The summed E-state index contributed by atoms with van der Waals surface area (Å²) in [6.07, 6.45) is 1.60. The number of nitro benzene ring substituents is 1. The second kappa shape index (κ2) is 8.00. The molecule has 0 aliphatic rings. The van der Waals surface area contributed by atoms with Crippen LogP contribution >= 0.6 is 0 Å². The monoisotopic (exact) mass is 442 g/mol. The summed E-state index contributed by atoms with van der Waals surface area (Å²) in [7, 11) is 0. The van der Waals surface area contributed by atoms with Crippen LogP contribution in [0.3, 0.4) is 0 Å². The Morgan fingerprint density at radius 3 is 2.52 bits per heavy atom. The summed E-state index contributed by atoms with van der Waals surface area (Å²) < 4.78 is 14.9. The third kappa shape index (κ3) is 4.04. The van der Waals surface area contributed by atoms with Gasteiger partial charge in [0.15, 0.2) is 5.69 Å². The number of imidazole rings is 1. The predicted octanol–water partition coefficient (Wildman–Crippen LogP) is 4.72. The fraction of sp³-hybridized carbons (Fsp3) is 0. The first kappa shape index (κ1) is 20.1. The Bertz CT molecular complexity index is 1490. The van der Waals surface area contributed by atoms with Gasteiger partial charge in [0.25, 0.3) is 11.6 Å². The highest BCUT2D eigenvalue weighted by Gasteiger charge is 2.12. The van der Waals surface area contributed by atoms with Gasteiger partial charge in [-0.3, -0.25) is 14.9 Å². The van der Waals surface area contributed by atoms with Gasteiger partial charge in [-0.1, -0.05) is 0 Å². The molecule has 2 aromatic heterocycles. The molecular formula is C23H15FN6O3. The molecule has 0 fully saturated rings. The molecule has 0 bridgehead atoms. The first-order valence-corrected chi connectivity index (χ1v) is 9.84. The molecule has 0 saturated carbocycles. The van der Waals surface area contributed by atoms with Crippen LogP contribution in [-0.4, -0.2) is 30.6 Å². The second-order valence-corrected chi connectivity index (χ2v) is 7.20. The zero-order valence-electron chi connectivity index (χ0n) is 16.9. The average Bonchev–Trinajstić information content (AvgIpc) is 3.47. The number of benzene rings is 3. The van der Waals surface area contributed by atoms with Crippen LogP contribution in [0.2, 0.25) is 0 Å². The number of hydrogen-bond acceptors (Lipinski definition) is 5. The summed E-state index contributed by atoms with van der Waals surface area (Å²) in [6.45, 7) is 0. The number of carbonyl (C=O) groups excluding carboxylic acids is 1. The van der Waals surface area contributed by atoms with Crippen LogP contribution < -0.4 is 5.32 Å². The number of hydrogen-bond donors (Lipinski definition) is 2. The molecule has 3 aromatic carbocycles. The number of anilines is 1. The highest BCUT2D eigenvalue weighted by Crippen LogP contribution is 2.23. The average molecular weight is 442 g/mol. The molecule has 9 nitrogen and oxygen atoms in total. The number of aromatic nitrogens is 4. The van der Waals surface area contributed by atoms with Crippen molar-refractivity contribution >= 4 is 28.3 Å². The van der Waals surface area contributed by atoms with E-state index in [1.807, 2.05) is 0 Å². The van der Waals surface area contributed by atoms with Crippen molar-refractivity contribution in [3.63, 3.8) is 0 Å². The van der Waals surface area contributed by atoms with E-state index in [9.17, 15) is 19.3 Å². The number of non-ortho nitro benzene ring substituents is 1. The van der Waals surface area contributed by atoms with Crippen molar-refractivity contribution in [2.45, 2.75) is 0 Å². The lowest BCUT2D eigenvalue weighted by Crippen LogP contribution is -2.13. The van der Waals surface area contributed by atoms with E-state index in [0.29, 0.717) is 28.2 Å². The summed E-state index contributed by atoms with van der Waals surface area (Å²) in [4.78, 5) is 30.4. The molecule has 0 aliphatic heterocycles. The van der Waals surface area contributed by atoms with Crippen molar-refractivity contribution < 1.29 is 14.1 Å². The van der Waals surface area contributed by atoms with Gasteiger partial charge in [-0.2, -0.15) is 5.10 Å². The Kier molecular flexibility index (Phi) is 4.87. The maximum Gasteiger partial charge on any atom is 0.276 e. The highest BCUT2D eigenvalue weighted by molar-refractivity contribution is 6.02. The number of nitrogens with one attached hydrogen (secondary N) is 2. The number of rotatable bonds is 5. The molecule has 0 atom stereocenters. The molecule has 5 rings (SSSR count). The molecule has 33 heavy (non-hydrogen) atoms. The van der Waals surface area contributed by atoms with E-state index >= 15 is 0 Å². The molecule has 10 heteroatoms. The van der Waals surface area contributed by atoms with Crippen molar-refractivity contribution in [2.75, 3.05) is 5.32 Å². The molecule has 0 spiro atoms. The lowest BCUT2D eigenvalue weighted by molar-refractivity contribution is -0.384. The van der Waals surface area contributed by atoms with E-state index in [4.69, 9.17) is 0 Å². The molecule has 0 radical (unpaired) electrons. The molecule has 5 aromatic rings. The van der Waals surface area contributed by atoms with Gasteiger partial charge in [0.05, 0.1) is 21.6 Å². The fourth-order valence-corrected chi connectivity index (χ4v) is 3.34. The lowest BCUT2D eigenvalue weighted by atomic mass is 10.2. The quantitative estimate of drug-likeness (QED) is 0.302. The standard InChI is InChI=1S/C23H15FN6O3/c24-15-3-10-19-21(13-15)27-22(26-19)14-1-4-16(5-2-14)25-23(31)20-11-12-29(28-20)17-6-8-18(9-7-17)30(32)33/h1-13H,(H,25,31)(H,26,27). The smallest absolute Gasteiger partial charge is 0.276 e. The maximum atomic E-state index is 13.4. The van der Waals surface area contributed by atoms with E-state index in [2.05, 4.69) is 20.4 Å². The minimum Gasteiger partial charge on any atom is -0.338 e. The molecule has 162 valence electrons. The van der Waals surface area contributed by atoms with E-state index < -0.39 is 10.8 Å². The third-order valence-electron chi connectivity index (χ3n) is 5.01. The van der Waals surface area contributed by atoms with Gasteiger partial charge >= 0.3 is 0 Å². The van der Waals surface area contributed by atoms with Gasteiger partial charge in [-0.05, 0) is 60.7 Å². The number of H-pyrrole nitrogens is 1. The second-order valence-electron chi connectivity index (χ2n) is 7.20. The zero-order chi connectivity index (χ0) is 22.9. The van der Waals surface area contributed by atoms with Gasteiger partial charge in [-0.25, -0.2) is 14.1 Å². The molecule has 2 N–H and O–H groups in total. The summed E-state index contributed by atoms with van der Waals surface area (Å²) in [5.41, 5.74) is 3.37. The zero-order valence-corrected chi connectivity index (χ0v) is 16.9. The van der Waals surface area contributed by atoms with Crippen LogP contribution in [0.15, 0.2) is 79.0 Å². The number of nitrogens with zero attached hydrogens (tertiary/aromatic N) is 4. The number of amides is 1. The number of nitro groups is 1. The van der Waals surface area contributed by atoms with Gasteiger partial charge in [-0.15, -0.1) is 0 Å². The first-order chi connectivity index (χ1) is 16.0. The summed E-state index contributed by atoms with van der Waals surface area (Å²) in [5.74, 6) is -0.148. The van der Waals surface area contributed by atoms with E-state index in [1.165, 1.54) is 28.9 Å². The van der Waals surface area contributed by atoms with Crippen molar-refractivity contribution in [3.05, 3.63) is 101 Å². The van der Waals surface area contributed by atoms with E-state index in [-0.39, 0.29) is 17.2 Å². The van der Waals surface area contributed by atoms with Crippen molar-refractivity contribution in [1.82, 2.24) is 19.7 Å². The van der Waals surface area contributed by atoms with Crippen LogP contribution in [-0.2, 0) is 0 Å². The maximum absolute atomic E-state index is 13.4. The van der Waals surface area contributed by atoms with Crippen molar-refractivity contribution in [2.24, 2.45) is 0 Å². The number of carbonyl (C=O) groups is 1. The topological polar surface area (TPSA) is 119 Å². The molecular weight excluding hydrogens is 427 g/mol. The molecule has 0 unspecified atom stereocenters. The van der Waals surface area contributed by atoms with E-state index in [0.717, 1.165) is 5.56 Å². The van der Waals surface area contributed by atoms with Crippen LogP contribution in [0.25, 0.3) is 28.1 Å². The minimum atomic E-state index is -0.481. The Hall–Kier alpha value is -4.86. The first-order valence-electron chi connectivity index (χ1n) is 9.84. The Morgan fingerprint density at radius 1 is 1.03 bits per heavy atom. The third-order valence-corrected chi connectivity index (χ3v) is 5.01. The summed E-state index contributed by atoms with van der Waals surface area (Å²) in [6, 6.07) is 18.8. The number of aromatic amines is 1. The van der Waals surface area contributed by atoms with Crippen LogP contribution in [0.1, 0.15) is 10.5 Å². The predicted molar refractivity (Wildman–Crippen MR) is 120 cm³/mol. The number of halogens is 1. The molecule has 1 amide bonds. The van der Waals surface area contributed by atoms with Crippen LogP contribution in [0.4, 0.5) is 15.8 Å². The fourth-order valence-electron chi connectivity index (χ4n) is 3.34. The molecule has 0 aliphatic carbocycles. The molecule has 2 heterocycles.